The first-order chi connectivity index (χ1) is 8.93. The van der Waals surface area contributed by atoms with Crippen molar-refractivity contribution in [3.05, 3.63) is 42.1 Å². The molecule has 0 unspecified atom stereocenters. The van der Waals surface area contributed by atoms with Crippen molar-refractivity contribution >= 4 is 10.9 Å². The Morgan fingerprint density at radius 1 is 1.00 bits per heavy atom. The largest absolute Gasteiger partial charge is 0.307 e. The smallest absolute Gasteiger partial charge is 0.0705 e. The lowest BCUT2D eigenvalue weighted by Gasteiger charge is -2.07. The Morgan fingerprint density at radius 2 is 1.68 bits per heavy atom. The topological polar surface area (TPSA) is 24.9 Å². The highest BCUT2D eigenvalue weighted by molar-refractivity contribution is 5.78. The predicted molar refractivity (Wildman–Crippen MR) is 79.9 cm³/mol. The molecule has 1 fully saturated rings. The highest BCUT2D eigenvalue weighted by atomic mass is 15.0. The minimum Gasteiger partial charge on any atom is -0.307 e. The average molecular weight is 254 g/mol. The molecule has 19 heavy (non-hydrogen) atoms. The fourth-order valence-corrected chi connectivity index (χ4v) is 3.12. The lowest BCUT2D eigenvalue weighted by molar-refractivity contribution is 0.457. The van der Waals surface area contributed by atoms with Gasteiger partial charge < -0.3 is 5.32 Å². The maximum Gasteiger partial charge on any atom is 0.0705 e. The van der Waals surface area contributed by atoms with Crippen molar-refractivity contribution < 1.29 is 0 Å². The second kappa shape index (κ2) is 4.04. The monoisotopic (exact) mass is 254 g/mol. The molecule has 0 aliphatic heterocycles. The number of aromatic nitrogens is 1. The molecule has 1 aliphatic carbocycles. The van der Waals surface area contributed by atoms with Crippen LogP contribution in [0.5, 0.6) is 0 Å². The number of pyridine rings is 1. The summed E-state index contributed by atoms with van der Waals surface area (Å²) in [4.78, 5) is 4.71. The summed E-state index contributed by atoms with van der Waals surface area (Å²) < 4.78 is 0. The molecular formula is C17H22N2. The van der Waals surface area contributed by atoms with Crippen LogP contribution in [0.4, 0.5) is 0 Å². The van der Waals surface area contributed by atoms with Crippen molar-refractivity contribution in [2.45, 2.75) is 40.3 Å². The van der Waals surface area contributed by atoms with E-state index >= 15 is 0 Å². The van der Waals surface area contributed by atoms with Gasteiger partial charge in [-0.05, 0) is 23.0 Å². The zero-order valence-corrected chi connectivity index (χ0v) is 12.2. The van der Waals surface area contributed by atoms with Crippen molar-refractivity contribution in [3.63, 3.8) is 0 Å². The Kier molecular flexibility index (Phi) is 2.68. The zero-order chi connectivity index (χ0) is 13.7. The molecule has 0 atom stereocenters. The Labute approximate surface area is 115 Å². The summed E-state index contributed by atoms with van der Waals surface area (Å²) in [6.45, 7) is 10.2. The van der Waals surface area contributed by atoms with E-state index in [0.29, 0.717) is 16.9 Å². The molecule has 2 heteroatoms. The van der Waals surface area contributed by atoms with Gasteiger partial charge in [0.05, 0.1) is 11.2 Å². The normalized spacial score (nSPS) is 20.6. The van der Waals surface area contributed by atoms with Gasteiger partial charge in [-0.25, -0.2) is 0 Å². The third-order valence-electron chi connectivity index (χ3n) is 5.16. The highest BCUT2D eigenvalue weighted by Crippen LogP contribution is 2.62. The Hall–Kier alpha value is -1.41. The van der Waals surface area contributed by atoms with Crippen LogP contribution in [0.1, 0.15) is 33.4 Å². The molecule has 0 saturated heterocycles. The van der Waals surface area contributed by atoms with Gasteiger partial charge in [-0.3, -0.25) is 4.98 Å². The fourth-order valence-electron chi connectivity index (χ4n) is 3.12. The molecule has 3 rings (SSSR count). The van der Waals surface area contributed by atoms with E-state index in [1.165, 1.54) is 5.39 Å². The van der Waals surface area contributed by atoms with E-state index in [4.69, 9.17) is 4.98 Å². The van der Waals surface area contributed by atoms with Gasteiger partial charge in [0.2, 0.25) is 0 Å². The van der Waals surface area contributed by atoms with Gasteiger partial charge in [-0.15, -0.1) is 0 Å². The summed E-state index contributed by atoms with van der Waals surface area (Å²) in [5.41, 5.74) is 2.96. The molecule has 0 radical (unpaired) electrons. The van der Waals surface area contributed by atoms with Gasteiger partial charge in [-0.1, -0.05) is 52.0 Å². The molecule has 2 aromatic rings. The van der Waals surface area contributed by atoms with Crippen LogP contribution in [0.15, 0.2) is 36.4 Å². The number of hydrogen-bond acceptors (Lipinski definition) is 2. The number of fused-ring (bicyclic) bond motifs is 1. The van der Waals surface area contributed by atoms with Gasteiger partial charge in [0.15, 0.2) is 0 Å². The summed E-state index contributed by atoms with van der Waals surface area (Å²) in [6.07, 6.45) is 0. The second-order valence-electron chi connectivity index (χ2n) is 6.75. The first kappa shape index (κ1) is 12.6. The first-order valence-corrected chi connectivity index (χ1v) is 7.01. The average Bonchev–Trinajstić information content (AvgIpc) is 2.77. The maximum absolute atomic E-state index is 4.71. The summed E-state index contributed by atoms with van der Waals surface area (Å²) in [5.74, 6) is 0. The standard InChI is InChI=1S/C17H22N2/c1-16(2)15(17(16,3)4)18-11-13-10-9-12-7-5-6-8-14(12)19-13/h5-10,15,18H,11H2,1-4H3. The summed E-state index contributed by atoms with van der Waals surface area (Å²) >= 11 is 0. The van der Waals surface area contributed by atoms with Gasteiger partial charge >= 0.3 is 0 Å². The lowest BCUT2D eigenvalue weighted by atomic mass is 10.0. The van der Waals surface area contributed by atoms with Crippen LogP contribution < -0.4 is 5.32 Å². The summed E-state index contributed by atoms with van der Waals surface area (Å²) in [7, 11) is 0. The van der Waals surface area contributed by atoms with Crippen molar-refractivity contribution in [2.75, 3.05) is 0 Å². The minimum atomic E-state index is 0.379. The minimum absolute atomic E-state index is 0.379. The van der Waals surface area contributed by atoms with Crippen LogP contribution in [0, 0.1) is 10.8 Å². The van der Waals surface area contributed by atoms with Gasteiger partial charge in [0.1, 0.15) is 0 Å². The fraction of sp³-hybridized carbons (Fsp3) is 0.471. The van der Waals surface area contributed by atoms with Gasteiger partial charge in [-0.2, -0.15) is 0 Å². The van der Waals surface area contributed by atoms with Gasteiger partial charge in [0.25, 0.3) is 0 Å². The second-order valence-corrected chi connectivity index (χ2v) is 6.75. The van der Waals surface area contributed by atoms with E-state index in [2.05, 4.69) is 63.3 Å². The zero-order valence-electron chi connectivity index (χ0n) is 12.2. The van der Waals surface area contributed by atoms with Crippen molar-refractivity contribution in [1.29, 1.82) is 0 Å². The van der Waals surface area contributed by atoms with E-state index in [1.807, 2.05) is 6.07 Å². The molecule has 2 nitrogen and oxygen atoms in total. The quantitative estimate of drug-likeness (QED) is 0.902. The van der Waals surface area contributed by atoms with Gasteiger partial charge in [0, 0.05) is 18.0 Å². The number of hydrogen-bond donors (Lipinski definition) is 1. The van der Waals surface area contributed by atoms with Crippen molar-refractivity contribution in [3.8, 4) is 0 Å². The number of nitrogens with zero attached hydrogens (tertiary/aromatic N) is 1. The molecule has 1 heterocycles. The Bertz CT molecular complexity index is 599. The molecule has 1 aromatic carbocycles. The first-order valence-electron chi connectivity index (χ1n) is 7.01. The van der Waals surface area contributed by atoms with Crippen LogP contribution in [0.3, 0.4) is 0 Å². The highest BCUT2D eigenvalue weighted by Gasteiger charge is 2.64. The number of rotatable bonds is 3. The maximum atomic E-state index is 4.71. The molecular weight excluding hydrogens is 232 g/mol. The Morgan fingerprint density at radius 3 is 2.37 bits per heavy atom. The Balaban J connectivity index is 1.73. The molecule has 1 N–H and O–H groups in total. The molecule has 0 bridgehead atoms. The number of benzene rings is 1. The van der Waals surface area contributed by atoms with Crippen LogP contribution in [-0.4, -0.2) is 11.0 Å². The molecule has 0 amide bonds. The van der Waals surface area contributed by atoms with E-state index < -0.39 is 0 Å². The van der Waals surface area contributed by atoms with E-state index in [9.17, 15) is 0 Å². The van der Waals surface area contributed by atoms with E-state index in [0.717, 1.165) is 17.8 Å². The molecule has 0 spiro atoms. The van der Waals surface area contributed by atoms with E-state index in [1.54, 1.807) is 0 Å². The third kappa shape index (κ3) is 1.95. The third-order valence-corrected chi connectivity index (χ3v) is 5.16. The van der Waals surface area contributed by atoms with Crippen LogP contribution >= 0.6 is 0 Å². The van der Waals surface area contributed by atoms with Crippen LogP contribution in [-0.2, 0) is 6.54 Å². The number of para-hydroxylation sites is 1. The molecule has 1 saturated carbocycles. The number of nitrogens with one attached hydrogen (secondary N) is 1. The van der Waals surface area contributed by atoms with Crippen LogP contribution in [0.2, 0.25) is 0 Å². The SMILES string of the molecule is CC1(C)C(NCc2ccc3ccccc3n2)C1(C)C. The van der Waals surface area contributed by atoms with Crippen LogP contribution in [0.25, 0.3) is 10.9 Å². The lowest BCUT2D eigenvalue weighted by Crippen LogP contribution is -2.22. The van der Waals surface area contributed by atoms with E-state index in [-0.39, 0.29) is 0 Å². The summed E-state index contributed by atoms with van der Waals surface area (Å²) in [5, 5.41) is 4.86. The summed E-state index contributed by atoms with van der Waals surface area (Å²) in [6, 6.07) is 13.1. The van der Waals surface area contributed by atoms with Crippen molar-refractivity contribution in [2.24, 2.45) is 10.8 Å². The molecule has 1 aromatic heterocycles. The van der Waals surface area contributed by atoms with Crippen molar-refractivity contribution in [1.82, 2.24) is 10.3 Å². The molecule has 100 valence electrons. The molecule has 1 aliphatic rings. The predicted octanol–water partition coefficient (Wildman–Crippen LogP) is 3.76.